The van der Waals surface area contributed by atoms with Gasteiger partial charge in [-0.25, -0.2) is 4.79 Å². The molecule has 21 heavy (non-hydrogen) atoms. The Labute approximate surface area is 121 Å². The van der Waals surface area contributed by atoms with Crippen molar-refractivity contribution >= 4 is 12.0 Å². The summed E-state index contributed by atoms with van der Waals surface area (Å²) in [5, 5.41) is 8.57. The van der Waals surface area contributed by atoms with Gasteiger partial charge in [0.05, 0.1) is 6.54 Å². The van der Waals surface area contributed by atoms with Crippen molar-refractivity contribution in [3.05, 3.63) is 41.5 Å². The molecule has 116 valence electrons. The molecular weight excluding hydrogens is 283 g/mol. The molecule has 0 bridgehead atoms. The number of alkyl halides is 3. The highest BCUT2D eigenvalue weighted by molar-refractivity contribution is 5.85. The van der Waals surface area contributed by atoms with Crippen molar-refractivity contribution in [1.29, 1.82) is 0 Å². The lowest BCUT2D eigenvalue weighted by Gasteiger charge is -2.23. The predicted molar refractivity (Wildman–Crippen MR) is 74.7 cm³/mol. The number of hydrogen-bond acceptors (Lipinski definition) is 2. The summed E-state index contributed by atoms with van der Waals surface area (Å²) in [7, 11) is 0. The molecule has 0 saturated carbocycles. The van der Waals surface area contributed by atoms with Crippen LogP contribution in [0, 0.1) is 0 Å². The van der Waals surface area contributed by atoms with E-state index in [-0.39, 0.29) is 6.54 Å². The van der Waals surface area contributed by atoms with E-state index >= 15 is 0 Å². The van der Waals surface area contributed by atoms with Crippen LogP contribution in [0.4, 0.5) is 13.2 Å². The molecule has 1 aromatic rings. The molecule has 1 N–H and O–H groups in total. The molecule has 0 heterocycles. The number of aliphatic carboxylic acids is 1. The minimum Gasteiger partial charge on any atom is -0.478 e. The largest absolute Gasteiger partial charge is 0.478 e. The Balaban J connectivity index is 2.79. The predicted octanol–water partition coefficient (Wildman–Crippen LogP) is 3.56. The Hall–Kier alpha value is -1.82. The quantitative estimate of drug-likeness (QED) is 0.783. The van der Waals surface area contributed by atoms with E-state index in [4.69, 9.17) is 5.11 Å². The molecule has 3 nitrogen and oxygen atoms in total. The molecule has 1 rings (SSSR count). The number of nitrogens with zero attached hydrogens (tertiary/aromatic N) is 1. The van der Waals surface area contributed by atoms with E-state index in [1.807, 2.05) is 6.92 Å². The third-order valence-electron chi connectivity index (χ3n) is 2.72. The maximum Gasteiger partial charge on any atom is 0.401 e. The number of benzene rings is 1. The van der Waals surface area contributed by atoms with Gasteiger partial charge in [0.15, 0.2) is 0 Å². The highest BCUT2D eigenvalue weighted by Crippen LogP contribution is 2.19. The second kappa shape index (κ2) is 7.83. The zero-order valence-electron chi connectivity index (χ0n) is 11.7. The lowest BCUT2D eigenvalue weighted by Crippen LogP contribution is -2.34. The minimum atomic E-state index is -4.23. The van der Waals surface area contributed by atoms with E-state index < -0.39 is 18.7 Å². The van der Waals surface area contributed by atoms with Gasteiger partial charge in [-0.1, -0.05) is 31.2 Å². The Morgan fingerprint density at radius 2 is 2.10 bits per heavy atom. The Kier molecular flexibility index (Phi) is 6.42. The zero-order chi connectivity index (χ0) is 15.9. The number of carbonyl (C=O) groups is 1. The summed E-state index contributed by atoms with van der Waals surface area (Å²) in [6.07, 6.45) is -1.18. The number of rotatable bonds is 7. The SMILES string of the molecule is CCCN(Cc1cccc(C=CC(=O)O)c1)CC(F)(F)F. The number of hydrogen-bond donors (Lipinski definition) is 1. The average Bonchev–Trinajstić information content (AvgIpc) is 2.35. The normalized spacial score (nSPS) is 12.2. The lowest BCUT2D eigenvalue weighted by atomic mass is 10.1. The number of carboxylic acid groups (broad SMARTS) is 1. The van der Waals surface area contributed by atoms with Gasteiger partial charge in [-0.05, 0) is 30.2 Å². The average molecular weight is 301 g/mol. The van der Waals surface area contributed by atoms with Gasteiger partial charge in [-0.15, -0.1) is 0 Å². The van der Waals surface area contributed by atoms with Crippen molar-refractivity contribution in [2.45, 2.75) is 26.1 Å². The highest BCUT2D eigenvalue weighted by Gasteiger charge is 2.30. The number of carboxylic acids is 1. The first-order valence-corrected chi connectivity index (χ1v) is 6.59. The van der Waals surface area contributed by atoms with Crippen LogP contribution in [-0.2, 0) is 11.3 Å². The van der Waals surface area contributed by atoms with Crippen molar-refractivity contribution < 1.29 is 23.1 Å². The van der Waals surface area contributed by atoms with Crippen LogP contribution in [-0.4, -0.2) is 35.2 Å². The van der Waals surface area contributed by atoms with Gasteiger partial charge in [0.25, 0.3) is 0 Å². The molecule has 0 spiro atoms. The van der Waals surface area contributed by atoms with Crippen molar-refractivity contribution in [2.24, 2.45) is 0 Å². The summed E-state index contributed by atoms with van der Waals surface area (Å²) in [5.41, 5.74) is 1.37. The Morgan fingerprint density at radius 3 is 2.67 bits per heavy atom. The fourth-order valence-corrected chi connectivity index (χ4v) is 2.00. The summed E-state index contributed by atoms with van der Waals surface area (Å²) in [4.78, 5) is 11.8. The van der Waals surface area contributed by atoms with Gasteiger partial charge >= 0.3 is 12.1 Å². The smallest absolute Gasteiger partial charge is 0.401 e. The molecule has 0 unspecified atom stereocenters. The van der Waals surface area contributed by atoms with Crippen LogP contribution in [0.3, 0.4) is 0 Å². The Bertz CT molecular complexity index is 498. The second-order valence-electron chi connectivity index (χ2n) is 4.74. The molecule has 0 aliphatic heterocycles. The molecule has 0 fully saturated rings. The summed E-state index contributed by atoms with van der Waals surface area (Å²) in [6.45, 7) is 1.42. The first kappa shape index (κ1) is 17.2. The third kappa shape index (κ3) is 7.51. The first-order valence-electron chi connectivity index (χ1n) is 6.59. The van der Waals surface area contributed by atoms with Crippen molar-refractivity contribution in [3.63, 3.8) is 0 Å². The van der Waals surface area contributed by atoms with Crippen molar-refractivity contribution in [1.82, 2.24) is 4.90 Å². The van der Waals surface area contributed by atoms with Crippen LogP contribution >= 0.6 is 0 Å². The van der Waals surface area contributed by atoms with Crippen LogP contribution in [0.5, 0.6) is 0 Å². The summed E-state index contributed by atoms with van der Waals surface area (Å²) in [6, 6.07) is 6.83. The van der Waals surface area contributed by atoms with Gasteiger partial charge < -0.3 is 5.11 Å². The topological polar surface area (TPSA) is 40.5 Å². The van der Waals surface area contributed by atoms with Gasteiger partial charge in [-0.3, -0.25) is 4.90 Å². The summed E-state index contributed by atoms with van der Waals surface area (Å²) < 4.78 is 37.5. The maximum atomic E-state index is 12.5. The molecule has 0 aliphatic rings. The second-order valence-corrected chi connectivity index (χ2v) is 4.74. The fourth-order valence-electron chi connectivity index (χ4n) is 2.00. The zero-order valence-corrected chi connectivity index (χ0v) is 11.7. The van der Waals surface area contributed by atoms with Crippen LogP contribution < -0.4 is 0 Å². The van der Waals surface area contributed by atoms with E-state index in [1.165, 1.54) is 11.0 Å². The van der Waals surface area contributed by atoms with Crippen molar-refractivity contribution in [3.8, 4) is 0 Å². The molecule has 0 radical (unpaired) electrons. The minimum absolute atomic E-state index is 0.183. The van der Waals surface area contributed by atoms with E-state index in [1.54, 1.807) is 24.3 Å². The molecule has 0 aromatic heterocycles. The van der Waals surface area contributed by atoms with Gasteiger partial charge in [-0.2, -0.15) is 13.2 Å². The monoisotopic (exact) mass is 301 g/mol. The number of halogens is 3. The summed E-state index contributed by atoms with van der Waals surface area (Å²) >= 11 is 0. The molecule has 0 amide bonds. The molecule has 0 aliphatic carbocycles. The molecule has 6 heteroatoms. The van der Waals surface area contributed by atoms with E-state index in [0.717, 1.165) is 11.6 Å². The highest BCUT2D eigenvalue weighted by atomic mass is 19.4. The summed E-state index contributed by atoms with van der Waals surface area (Å²) in [5.74, 6) is -1.06. The van der Waals surface area contributed by atoms with E-state index in [2.05, 4.69) is 0 Å². The van der Waals surface area contributed by atoms with Crippen molar-refractivity contribution in [2.75, 3.05) is 13.1 Å². The van der Waals surface area contributed by atoms with Crippen LogP contribution in [0.25, 0.3) is 6.08 Å². The molecule has 1 aromatic carbocycles. The maximum absolute atomic E-state index is 12.5. The van der Waals surface area contributed by atoms with Crippen LogP contribution in [0.1, 0.15) is 24.5 Å². The van der Waals surface area contributed by atoms with E-state index in [0.29, 0.717) is 18.5 Å². The molecular formula is C15H18F3NO2. The van der Waals surface area contributed by atoms with Crippen LogP contribution in [0.15, 0.2) is 30.3 Å². The van der Waals surface area contributed by atoms with E-state index in [9.17, 15) is 18.0 Å². The first-order chi connectivity index (χ1) is 9.80. The fraction of sp³-hybridized carbons (Fsp3) is 0.400. The van der Waals surface area contributed by atoms with Gasteiger partial charge in [0.2, 0.25) is 0 Å². The standard InChI is InChI=1S/C15H18F3NO2/c1-2-8-19(11-15(16,17)18)10-13-5-3-4-12(9-13)6-7-14(20)21/h3-7,9H,2,8,10-11H2,1H3,(H,20,21). The lowest BCUT2D eigenvalue weighted by molar-refractivity contribution is -0.147. The van der Waals surface area contributed by atoms with Crippen LogP contribution in [0.2, 0.25) is 0 Å². The van der Waals surface area contributed by atoms with Gasteiger partial charge in [0.1, 0.15) is 0 Å². The Morgan fingerprint density at radius 1 is 1.38 bits per heavy atom. The molecule has 0 saturated heterocycles. The van der Waals surface area contributed by atoms with Gasteiger partial charge in [0, 0.05) is 12.6 Å². The molecule has 0 atom stereocenters. The third-order valence-corrected chi connectivity index (χ3v) is 2.72.